The van der Waals surface area contributed by atoms with E-state index in [0.717, 1.165) is 13.1 Å². The molecule has 0 radical (unpaired) electrons. The zero-order valence-electron chi connectivity index (χ0n) is 12.0. The molecule has 0 aromatic carbocycles. The van der Waals surface area contributed by atoms with Gasteiger partial charge in [0.15, 0.2) is 0 Å². The first-order valence-corrected chi connectivity index (χ1v) is 8.36. The summed E-state index contributed by atoms with van der Waals surface area (Å²) in [5.41, 5.74) is 0. The van der Waals surface area contributed by atoms with Crippen LogP contribution in [-0.4, -0.2) is 51.5 Å². The quantitative estimate of drug-likeness (QED) is 0.757. The van der Waals surface area contributed by atoms with Crippen molar-refractivity contribution in [2.24, 2.45) is 0 Å². The highest BCUT2D eigenvalue weighted by Crippen LogP contribution is 2.21. The monoisotopic (exact) mass is 320 g/mol. The Morgan fingerprint density at radius 2 is 2.00 bits per heavy atom. The minimum absolute atomic E-state index is 0.0704. The number of aromatic nitrogens is 1. The van der Waals surface area contributed by atoms with E-state index in [9.17, 15) is 8.42 Å². The Balaban J connectivity index is 2.71. The van der Waals surface area contributed by atoms with Crippen LogP contribution < -0.4 is 10.0 Å². The third kappa shape index (κ3) is 4.59. The number of rotatable bonds is 8. The Labute approximate surface area is 125 Å². The second-order valence-electron chi connectivity index (χ2n) is 4.18. The first kappa shape index (κ1) is 17.2. The van der Waals surface area contributed by atoms with E-state index in [1.54, 1.807) is 7.05 Å². The highest BCUT2D eigenvalue weighted by atomic mass is 35.5. The number of sulfonamides is 1. The van der Waals surface area contributed by atoms with Gasteiger partial charge in [-0.15, -0.1) is 0 Å². The normalized spacial score (nSPS) is 11.8. The molecule has 0 saturated carbocycles. The number of nitrogens with one attached hydrogen (secondary N) is 2. The molecule has 8 heteroatoms. The fourth-order valence-corrected chi connectivity index (χ4v) is 3.03. The average Bonchev–Trinajstić information content (AvgIpc) is 2.43. The van der Waals surface area contributed by atoms with Crippen LogP contribution in [0.2, 0.25) is 5.02 Å². The fourth-order valence-electron chi connectivity index (χ4n) is 1.71. The van der Waals surface area contributed by atoms with E-state index in [1.165, 1.54) is 12.3 Å². The summed E-state index contributed by atoms with van der Waals surface area (Å²) in [4.78, 5) is 6.17. The first-order chi connectivity index (χ1) is 9.44. The van der Waals surface area contributed by atoms with Crippen LogP contribution in [0.25, 0.3) is 0 Å². The summed E-state index contributed by atoms with van der Waals surface area (Å²) in [5.74, 6) is 0.453. The van der Waals surface area contributed by atoms with Crippen LogP contribution in [-0.2, 0) is 10.0 Å². The number of pyridine rings is 1. The highest BCUT2D eigenvalue weighted by molar-refractivity contribution is 7.89. The molecular formula is C12H21ClN4O2S. The minimum atomic E-state index is -3.57. The third-order valence-corrected chi connectivity index (χ3v) is 4.69. The summed E-state index contributed by atoms with van der Waals surface area (Å²) >= 11 is 5.94. The summed E-state index contributed by atoms with van der Waals surface area (Å²) in [7, 11) is -1.90. The number of nitrogens with zero attached hydrogens (tertiary/aromatic N) is 2. The van der Waals surface area contributed by atoms with Crippen molar-refractivity contribution in [2.45, 2.75) is 18.7 Å². The molecule has 0 aliphatic heterocycles. The minimum Gasteiger partial charge on any atom is -0.372 e. The van der Waals surface area contributed by atoms with Gasteiger partial charge in [0.2, 0.25) is 10.0 Å². The van der Waals surface area contributed by atoms with Gasteiger partial charge in [0.05, 0.1) is 5.02 Å². The van der Waals surface area contributed by atoms with Crippen LogP contribution in [0.1, 0.15) is 13.8 Å². The fraction of sp³-hybridized carbons (Fsp3) is 0.583. The highest BCUT2D eigenvalue weighted by Gasteiger charge is 2.16. The van der Waals surface area contributed by atoms with E-state index in [0.29, 0.717) is 18.9 Å². The molecule has 0 spiro atoms. The average molecular weight is 321 g/mol. The van der Waals surface area contributed by atoms with Gasteiger partial charge in [0, 0.05) is 26.3 Å². The van der Waals surface area contributed by atoms with Gasteiger partial charge >= 0.3 is 0 Å². The molecular weight excluding hydrogens is 300 g/mol. The Bertz CT molecular complexity index is 532. The summed E-state index contributed by atoms with van der Waals surface area (Å²) in [6, 6.07) is 1.39. The van der Waals surface area contributed by atoms with E-state index in [1.807, 2.05) is 13.8 Å². The SMILES string of the molecule is CCN(CC)CCNS(=O)(=O)c1cnc(NC)c(Cl)c1. The van der Waals surface area contributed by atoms with E-state index >= 15 is 0 Å². The molecule has 0 bridgehead atoms. The lowest BCUT2D eigenvalue weighted by Crippen LogP contribution is -2.34. The lowest BCUT2D eigenvalue weighted by Gasteiger charge is -2.18. The smallest absolute Gasteiger partial charge is 0.242 e. The molecule has 1 aromatic rings. The van der Waals surface area contributed by atoms with Crippen molar-refractivity contribution >= 4 is 27.4 Å². The predicted octanol–water partition coefficient (Wildman–Crippen LogP) is 1.40. The van der Waals surface area contributed by atoms with Crippen molar-refractivity contribution < 1.29 is 8.42 Å². The van der Waals surface area contributed by atoms with Gasteiger partial charge in [-0.3, -0.25) is 0 Å². The van der Waals surface area contributed by atoms with E-state index < -0.39 is 10.0 Å². The first-order valence-electron chi connectivity index (χ1n) is 6.49. The zero-order valence-corrected chi connectivity index (χ0v) is 13.6. The molecule has 0 amide bonds. The van der Waals surface area contributed by atoms with Crippen molar-refractivity contribution in [1.29, 1.82) is 0 Å². The second kappa shape index (κ2) is 7.78. The topological polar surface area (TPSA) is 74.3 Å². The number of hydrogen-bond donors (Lipinski definition) is 2. The maximum absolute atomic E-state index is 12.1. The standard InChI is InChI=1S/C12H21ClN4O2S/c1-4-17(5-2)7-6-16-20(18,19)10-8-11(13)12(14-3)15-9-10/h8-9,16H,4-7H2,1-3H3,(H,14,15). The maximum Gasteiger partial charge on any atom is 0.242 e. The Kier molecular flexibility index (Phi) is 6.67. The van der Waals surface area contributed by atoms with Gasteiger partial charge in [-0.05, 0) is 19.2 Å². The van der Waals surface area contributed by atoms with Crippen molar-refractivity contribution in [3.63, 3.8) is 0 Å². The molecule has 0 atom stereocenters. The summed E-state index contributed by atoms with van der Waals surface area (Å²) in [6.45, 7) is 6.89. The van der Waals surface area contributed by atoms with Gasteiger partial charge in [0.1, 0.15) is 10.7 Å². The van der Waals surface area contributed by atoms with E-state index in [4.69, 9.17) is 11.6 Å². The van der Waals surface area contributed by atoms with Crippen LogP contribution in [0.4, 0.5) is 5.82 Å². The largest absolute Gasteiger partial charge is 0.372 e. The van der Waals surface area contributed by atoms with Gasteiger partial charge in [0.25, 0.3) is 0 Å². The summed E-state index contributed by atoms with van der Waals surface area (Å²) in [6.07, 6.45) is 1.29. The number of anilines is 1. The maximum atomic E-state index is 12.1. The molecule has 0 unspecified atom stereocenters. The predicted molar refractivity (Wildman–Crippen MR) is 81.8 cm³/mol. The lowest BCUT2D eigenvalue weighted by molar-refractivity contribution is 0.309. The molecule has 0 saturated heterocycles. The van der Waals surface area contributed by atoms with Gasteiger partial charge in [-0.25, -0.2) is 18.1 Å². The van der Waals surface area contributed by atoms with E-state index in [2.05, 4.69) is 19.9 Å². The van der Waals surface area contributed by atoms with Crippen LogP contribution >= 0.6 is 11.6 Å². The molecule has 2 N–H and O–H groups in total. The van der Waals surface area contributed by atoms with Crippen molar-refractivity contribution in [1.82, 2.24) is 14.6 Å². The molecule has 0 aliphatic carbocycles. The Morgan fingerprint density at radius 3 is 2.50 bits per heavy atom. The number of hydrogen-bond acceptors (Lipinski definition) is 5. The second-order valence-corrected chi connectivity index (χ2v) is 6.35. The third-order valence-electron chi connectivity index (χ3n) is 2.98. The van der Waals surface area contributed by atoms with Gasteiger partial charge in [-0.1, -0.05) is 25.4 Å². The lowest BCUT2D eigenvalue weighted by atomic mass is 10.4. The van der Waals surface area contributed by atoms with Crippen LogP contribution in [0.5, 0.6) is 0 Å². The van der Waals surface area contributed by atoms with Gasteiger partial charge in [-0.2, -0.15) is 0 Å². The van der Waals surface area contributed by atoms with E-state index in [-0.39, 0.29) is 9.92 Å². The Hall–Kier alpha value is -0.890. The molecule has 1 heterocycles. The summed E-state index contributed by atoms with van der Waals surface area (Å²) < 4.78 is 26.7. The molecule has 1 aromatic heterocycles. The van der Waals surface area contributed by atoms with Crippen LogP contribution in [0.15, 0.2) is 17.2 Å². The van der Waals surface area contributed by atoms with Crippen molar-refractivity contribution in [3.05, 3.63) is 17.3 Å². The summed E-state index contributed by atoms with van der Waals surface area (Å²) in [5, 5.41) is 3.06. The number of likely N-dealkylation sites (N-methyl/N-ethyl adjacent to an activating group) is 1. The Morgan fingerprint density at radius 1 is 1.35 bits per heavy atom. The molecule has 1 rings (SSSR count). The molecule has 0 aliphatic rings. The van der Waals surface area contributed by atoms with Gasteiger partial charge < -0.3 is 10.2 Å². The zero-order chi connectivity index (χ0) is 15.2. The van der Waals surface area contributed by atoms with Crippen molar-refractivity contribution in [3.8, 4) is 0 Å². The van der Waals surface area contributed by atoms with Crippen molar-refractivity contribution in [2.75, 3.05) is 38.5 Å². The molecule has 114 valence electrons. The molecule has 6 nitrogen and oxygen atoms in total. The van der Waals surface area contributed by atoms with Crippen LogP contribution in [0.3, 0.4) is 0 Å². The number of halogens is 1. The molecule has 20 heavy (non-hydrogen) atoms. The van der Waals surface area contributed by atoms with Crippen LogP contribution in [0, 0.1) is 0 Å². The molecule has 0 fully saturated rings.